The zero-order valence-corrected chi connectivity index (χ0v) is 17.9. The van der Waals surface area contributed by atoms with Gasteiger partial charge in [0.2, 0.25) is 0 Å². The van der Waals surface area contributed by atoms with Gasteiger partial charge in [0.05, 0.1) is 20.3 Å². The van der Waals surface area contributed by atoms with E-state index in [1.54, 1.807) is 38.5 Å². The fourth-order valence-corrected chi connectivity index (χ4v) is 4.53. The molecule has 0 fully saturated rings. The fourth-order valence-electron chi connectivity index (χ4n) is 4.53. The first kappa shape index (κ1) is 20.1. The maximum Gasteiger partial charge on any atom is 0.254 e. The maximum atomic E-state index is 13.7. The van der Waals surface area contributed by atoms with E-state index in [1.165, 1.54) is 12.1 Å². The average Bonchev–Trinajstić information content (AvgIpc) is 3.21. The first-order valence-electron chi connectivity index (χ1n) is 10.5. The van der Waals surface area contributed by atoms with Gasteiger partial charge in [-0.05, 0) is 66.1 Å². The lowest BCUT2D eigenvalue weighted by Crippen LogP contribution is -2.40. The summed E-state index contributed by atoms with van der Waals surface area (Å²) in [6.07, 6.45) is 0.704. The molecule has 162 valence electrons. The monoisotopic (exact) mass is 430 g/mol. The Bertz CT molecular complexity index is 1300. The first-order valence-corrected chi connectivity index (χ1v) is 10.5. The van der Waals surface area contributed by atoms with Gasteiger partial charge in [-0.2, -0.15) is 0 Å². The number of carbonyl (C=O) groups is 1. The summed E-state index contributed by atoms with van der Waals surface area (Å²) in [5.41, 5.74) is 4.49. The highest BCUT2D eigenvalue weighted by Crippen LogP contribution is 2.40. The van der Waals surface area contributed by atoms with E-state index in [9.17, 15) is 9.18 Å². The Labute approximate surface area is 185 Å². The second-order valence-corrected chi connectivity index (χ2v) is 7.86. The van der Waals surface area contributed by atoms with Crippen LogP contribution in [0.4, 0.5) is 4.39 Å². The van der Waals surface area contributed by atoms with Gasteiger partial charge in [-0.3, -0.25) is 4.79 Å². The summed E-state index contributed by atoms with van der Waals surface area (Å²) in [5.74, 6) is 1.01. The minimum absolute atomic E-state index is 0.0971. The minimum atomic E-state index is -0.364. The molecule has 1 N–H and O–H groups in total. The van der Waals surface area contributed by atoms with E-state index >= 15 is 0 Å². The second kappa shape index (κ2) is 8.04. The van der Waals surface area contributed by atoms with Crippen LogP contribution < -0.4 is 9.47 Å². The van der Waals surface area contributed by atoms with Crippen molar-refractivity contribution in [2.45, 2.75) is 12.5 Å². The number of H-pyrrole nitrogens is 1. The number of halogens is 1. The van der Waals surface area contributed by atoms with E-state index in [0.717, 1.165) is 33.5 Å². The molecule has 0 radical (unpaired) electrons. The van der Waals surface area contributed by atoms with Crippen LogP contribution in [0.3, 0.4) is 0 Å². The van der Waals surface area contributed by atoms with Gasteiger partial charge in [0.15, 0.2) is 0 Å². The van der Waals surface area contributed by atoms with Gasteiger partial charge in [-0.15, -0.1) is 0 Å². The van der Waals surface area contributed by atoms with Crippen molar-refractivity contribution in [3.8, 4) is 11.5 Å². The number of ether oxygens (including phenoxy) is 2. The number of amides is 1. The van der Waals surface area contributed by atoms with Crippen molar-refractivity contribution >= 4 is 16.8 Å². The zero-order chi connectivity index (χ0) is 22.2. The van der Waals surface area contributed by atoms with Crippen molar-refractivity contribution in [3.05, 3.63) is 94.9 Å². The summed E-state index contributed by atoms with van der Waals surface area (Å²) < 4.78 is 24.4. The number of nitrogens with zero attached hydrogens (tertiary/aromatic N) is 1. The summed E-state index contributed by atoms with van der Waals surface area (Å²) in [4.78, 5) is 19.0. The van der Waals surface area contributed by atoms with Crippen LogP contribution >= 0.6 is 0 Å². The average molecular weight is 430 g/mol. The van der Waals surface area contributed by atoms with Crippen LogP contribution in [0.15, 0.2) is 66.7 Å². The molecule has 0 saturated heterocycles. The number of benzene rings is 3. The van der Waals surface area contributed by atoms with E-state index in [2.05, 4.69) is 4.98 Å². The number of aromatic amines is 1. The number of nitrogens with one attached hydrogen (secondary N) is 1. The predicted octanol–water partition coefficient (Wildman–Crippen LogP) is 5.11. The van der Waals surface area contributed by atoms with Crippen LogP contribution in [0.5, 0.6) is 11.5 Å². The molecule has 0 saturated carbocycles. The highest BCUT2D eigenvalue weighted by atomic mass is 19.1. The molecular formula is C26H23FN2O3. The van der Waals surface area contributed by atoms with Crippen LogP contribution in [0, 0.1) is 5.82 Å². The van der Waals surface area contributed by atoms with Crippen LogP contribution in [-0.2, 0) is 6.42 Å². The Morgan fingerprint density at radius 2 is 1.75 bits per heavy atom. The molecule has 6 heteroatoms. The van der Waals surface area contributed by atoms with Gasteiger partial charge in [0.25, 0.3) is 5.91 Å². The number of aromatic nitrogens is 1. The molecule has 0 bridgehead atoms. The molecule has 1 atom stereocenters. The number of hydrogen-bond acceptors (Lipinski definition) is 3. The van der Waals surface area contributed by atoms with Gasteiger partial charge < -0.3 is 19.4 Å². The maximum absolute atomic E-state index is 13.7. The van der Waals surface area contributed by atoms with Crippen LogP contribution in [-0.4, -0.2) is 36.6 Å². The predicted molar refractivity (Wildman–Crippen MR) is 121 cm³/mol. The normalized spacial score (nSPS) is 15.5. The quantitative estimate of drug-likeness (QED) is 0.489. The summed E-state index contributed by atoms with van der Waals surface area (Å²) in [5, 5.41) is 1.08. The van der Waals surface area contributed by atoms with Crippen molar-refractivity contribution in [3.63, 3.8) is 0 Å². The third-order valence-electron chi connectivity index (χ3n) is 6.10. The highest BCUT2D eigenvalue weighted by Gasteiger charge is 2.35. The van der Waals surface area contributed by atoms with Crippen molar-refractivity contribution < 1.29 is 18.7 Å². The molecule has 1 aliphatic rings. The van der Waals surface area contributed by atoms with E-state index in [-0.39, 0.29) is 17.8 Å². The zero-order valence-electron chi connectivity index (χ0n) is 17.9. The van der Waals surface area contributed by atoms with Gasteiger partial charge in [0, 0.05) is 28.7 Å². The Balaban J connectivity index is 1.65. The lowest BCUT2D eigenvalue weighted by molar-refractivity contribution is 0.0691. The summed E-state index contributed by atoms with van der Waals surface area (Å²) >= 11 is 0. The van der Waals surface area contributed by atoms with Crippen LogP contribution in [0.2, 0.25) is 0 Å². The van der Waals surface area contributed by atoms with Gasteiger partial charge in [-0.25, -0.2) is 4.39 Å². The topological polar surface area (TPSA) is 54.6 Å². The van der Waals surface area contributed by atoms with Gasteiger partial charge >= 0.3 is 0 Å². The van der Waals surface area contributed by atoms with E-state index in [1.807, 2.05) is 35.2 Å². The minimum Gasteiger partial charge on any atom is -0.497 e. The molecule has 0 aliphatic carbocycles. The van der Waals surface area contributed by atoms with Crippen molar-refractivity contribution in [1.29, 1.82) is 0 Å². The molecule has 0 spiro atoms. The highest BCUT2D eigenvalue weighted by molar-refractivity contribution is 5.96. The molecular weight excluding hydrogens is 407 g/mol. The fraction of sp³-hybridized carbons (Fsp3) is 0.192. The molecule has 4 aromatic rings. The first-order chi connectivity index (χ1) is 15.6. The molecule has 3 aromatic carbocycles. The van der Waals surface area contributed by atoms with E-state index in [0.29, 0.717) is 24.3 Å². The summed E-state index contributed by atoms with van der Waals surface area (Å²) in [7, 11) is 3.23. The molecule has 32 heavy (non-hydrogen) atoms. The smallest absolute Gasteiger partial charge is 0.254 e. The number of rotatable bonds is 4. The molecule has 2 heterocycles. The SMILES string of the molecule is COc1cccc(C(=O)N2CCc3c([nH]c4ccc(OC)cc34)[C@@H]2c2ccc(F)cc2)c1. The van der Waals surface area contributed by atoms with Crippen LogP contribution in [0.1, 0.15) is 33.2 Å². The molecule has 1 aromatic heterocycles. The van der Waals surface area contributed by atoms with Crippen molar-refractivity contribution in [1.82, 2.24) is 9.88 Å². The Morgan fingerprint density at radius 3 is 2.50 bits per heavy atom. The van der Waals surface area contributed by atoms with Crippen molar-refractivity contribution in [2.24, 2.45) is 0 Å². The summed E-state index contributed by atoms with van der Waals surface area (Å²) in [6.45, 7) is 0.537. The number of carbonyl (C=O) groups excluding carboxylic acids is 1. The van der Waals surface area contributed by atoms with Crippen LogP contribution in [0.25, 0.3) is 10.9 Å². The number of methoxy groups -OCH3 is 2. The van der Waals surface area contributed by atoms with Crippen molar-refractivity contribution in [2.75, 3.05) is 20.8 Å². The Hall–Kier alpha value is -3.80. The molecule has 5 nitrogen and oxygen atoms in total. The molecule has 5 rings (SSSR count). The summed E-state index contributed by atoms with van der Waals surface area (Å²) in [6, 6.07) is 19.1. The van der Waals surface area contributed by atoms with Gasteiger partial charge in [0.1, 0.15) is 17.3 Å². The third kappa shape index (κ3) is 3.38. The lowest BCUT2D eigenvalue weighted by Gasteiger charge is -2.36. The second-order valence-electron chi connectivity index (χ2n) is 7.86. The molecule has 0 unspecified atom stereocenters. The number of hydrogen-bond donors (Lipinski definition) is 1. The largest absolute Gasteiger partial charge is 0.497 e. The lowest BCUT2D eigenvalue weighted by atomic mass is 9.91. The van der Waals surface area contributed by atoms with Gasteiger partial charge in [-0.1, -0.05) is 18.2 Å². The van der Waals surface area contributed by atoms with E-state index in [4.69, 9.17) is 9.47 Å². The Kier molecular flexibility index (Phi) is 5.05. The Morgan fingerprint density at radius 1 is 1.00 bits per heavy atom. The van der Waals surface area contributed by atoms with E-state index < -0.39 is 0 Å². The third-order valence-corrected chi connectivity index (χ3v) is 6.10. The number of fused-ring (bicyclic) bond motifs is 3. The molecule has 1 aliphatic heterocycles. The molecule has 1 amide bonds. The standard InChI is InChI=1S/C26H23FN2O3/c1-31-19-5-3-4-17(14-19)26(30)29-13-12-21-22-15-20(32-2)10-11-23(22)28-24(21)25(29)16-6-8-18(27)9-7-16/h3-11,14-15,25,28H,12-13H2,1-2H3/t25-/m0/s1.